The summed E-state index contributed by atoms with van der Waals surface area (Å²) in [6.45, 7) is 6.58. The quantitative estimate of drug-likeness (QED) is 0.402. The first-order chi connectivity index (χ1) is 16.8. The second kappa shape index (κ2) is 10.7. The summed E-state index contributed by atoms with van der Waals surface area (Å²) in [4.78, 5) is 27.8. The summed E-state index contributed by atoms with van der Waals surface area (Å²) >= 11 is 1.22. The summed E-state index contributed by atoms with van der Waals surface area (Å²) in [5.41, 5.74) is 1.46. The van der Waals surface area contributed by atoms with Crippen molar-refractivity contribution in [2.75, 3.05) is 11.5 Å². The molecule has 180 valence electrons. The van der Waals surface area contributed by atoms with Gasteiger partial charge in [0.05, 0.1) is 18.2 Å². The number of nitrogens with zero attached hydrogens (tertiary/aromatic N) is 3. The van der Waals surface area contributed by atoms with Crippen LogP contribution in [0, 0.1) is 12.8 Å². The number of hydrogen-bond donors (Lipinski definition) is 1. The summed E-state index contributed by atoms with van der Waals surface area (Å²) in [6, 6.07) is 15.7. The van der Waals surface area contributed by atoms with Gasteiger partial charge in [-0.1, -0.05) is 73.7 Å². The van der Waals surface area contributed by atoms with Crippen LogP contribution in [-0.2, 0) is 9.59 Å². The number of ketones is 1. The first kappa shape index (κ1) is 24.3. The van der Waals surface area contributed by atoms with Crippen LogP contribution in [0.25, 0.3) is 6.08 Å². The molecule has 1 aliphatic heterocycles. The average molecular weight is 490 g/mol. The van der Waals surface area contributed by atoms with Crippen molar-refractivity contribution in [3.8, 4) is 5.75 Å². The van der Waals surface area contributed by atoms with E-state index in [2.05, 4.69) is 24.0 Å². The van der Waals surface area contributed by atoms with Crippen LogP contribution in [0.1, 0.15) is 42.4 Å². The topological polar surface area (TPSA) is 92.6 Å². The number of carbonyl (C=O) groups excluding carboxylic acids is 2. The number of hydrogen-bond acceptors (Lipinski definition) is 7. The first-order valence-corrected chi connectivity index (χ1v) is 12.2. The van der Waals surface area contributed by atoms with E-state index in [1.807, 2.05) is 42.5 Å². The number of benzene rings is 2. The Morgan fingerprint density at radius 3 is 2.63 bits per heavy atom. The zero-order valence-electron chi connectivity index (χ0n) is 19.8. The Hall–Kier alpha value is -3.78. The van der Waals surface area contributed by atoms with Gasteiger partial charge in [-0.05, 0) is 48.6 Å². The smallest absolute Gasteiger partial charge is 0.296 e. The summed E-state index contributed by atoms with van der Waals surface area (Å²) < 4.78 is 5.91. The fraction of sp³-hybridized carbons (Fsp3) is 0.259. The maximum Gasteiger partial charge on any atom is 0.296 e. The van der Waals surface area contributed by atoms with Gasteiger partial charge in [0, 0.05) is 0 Å². The molecule has 1 atom stereocenters. The van der Waals surface area contributed by atoms with Crippen molar-refractivity contribution in [3.05, 3.63) is 88.1 Å². The van der Waals surface area contributed by atoms with E-state index in [9.17, 15) is 14.7 Å². The third kappa shape index (κ3) is 5.49. The number of carbonyl (C=O) groups is 2. The number of anilines is 1. The highest BCUT2D eigenvalue weighted by Crippen LogP contribution is 2.42. The monoisotopic (exact) mass is 489 g/mol. The number of allylic oxidation sites excluding steroid dienone is 1. The number of aryl methyl sites for hydroxylation is 1. The maximum absolute atomic E-state index is 13.3. The van der Waals surface area contributed by atoms with Gasteiger partial charge in [-0.15, -0.1) is 10.2 Å². The molecule has 1 aromatic heterocycles. The highest BCUT2D eigenvalue weighted by molar-refractivity contribution is 7.15. The van der Waals surface area contributed by atoms with Crippen LogP contribution in [-0.4, -0.2) is 33.6 Å². The molecule has 1 N–H and O–H groups in total. The van der Waals surface area contributed by atoms with Gasteiger partial charge in [-0.3, -0.25) is 14.5 Å². The van der Waals surface area contributed by atoms with Crippen LogP contribution < -0.4 is 9.64 Å². The van der Waals surface area contributed by atoms with Crippen molar-refractivity contribution in [1.82, 2.24) is 10.2 Å². The van der Waals surface area contributed by atoms with Gasteiger partial charge in [-0.25, -0.2) is 0 Å². The molecule has 0 bridgehead atoms. The van der Waals surface area contributed by atoms with Crippen molar-refractivity contribution in [2.45, 2.75) is 33.2 Å². The summed E-state index contributed by atoms with van der Waals surface area (Å²) in [7, 11) is 0. The molecule has 0 aliphatic carbocycles. The molecule has 4 rings (SSSR count). The third-order valence-corrected chi connectivity index (χ3v) is 6.40. The molecule has 0 fully saturated rings. The number of aromatic nitrogens is 2. The Morgan fingerprint density at radius 1 is 1.17 bits per heavy atom. The number of amides is 1. The fourth-order valence-corrected chi connectivity index (χ4v) is 4.48. The molecular weight excluding hydrogens is 462 g/mol. The van der Waals surface area contributed by atoms with Crippen molar-refractivity contribution >= 4 is 34.2 Å². The Labute approximate surface area is 208 Å². The molecule has 0 saturated carbocycles. The van der Waals surface area contributed by atoms with E-state index in [4.69, 9.17) is 4.74 Å². The van der Waals surface area contributed by atoms with Gasteiger partial charge in [0.2, 0.25) is 5.13 Å². The minimum Gasteiger partial charge on any atom is -0.503 e. The summed E-state index contributed by atoms with van der Waals surface area (Å²) in [5, 5.41) is 19.9. The molecule has 0 spiro atoms. The lowest BCUT2D eigenvalue weighted by Gasteiger charge is -2.24. The molecule has 2 aromatic carbocycles. The van der Waals surface area contributed by atoms with Crippen LogP contribution in [0.2, 0.25) is 0 Å². The highest BCUT2D eigenvalue weighted by Gasteiger charge is 2.45. The second-order valence-corrected chi connectivity index (χ2v) is 9.82. The number of ether oxygens (including phenoxy) is 1. The van der Waals surface area contributed by atoms with E-state index in [1.165, 1.54) is 22.3 Å². The maximum atomic E-state index is 13.3. The number of rotatable bonds is 9. The van der Waals surface area contributed by atoms with Crippen LogP contribution in [0.5, 0.6) is 5.75 Å². The lowest BCUT2D eigenvalue weighted by atomic mass is 9.95. The Bertz CT molecular complexity index is 1280. The minimum absolute atomic E-state index is 0.00522. The molecule has 0 radical (unpaired) electrons. The Balaban J connectivity index is 1.72. The van der Waals surface area contributed by atoms with E-state index in [1.54, 1.807) is 25.1 Å². The van der Waals surface area contributed by atoms with E-state index in [0.717, 1.165) is 12.0 Å². The molecule has 7 nitrogen and oxygen atoms in total. The average Bonchev–Trinajstić information content (AvgIpc) is 3.38. The van der Waals surface area contributed by atoms with Crippen LogP contribution in [0.15, 0.2) is 72.0 Å². The molecule has 2 heterocycles. The molecule has 3 aromatic rings. The van der Waals surface area contributed by atoms with Crippen molar-refractivity contribution in [2.24, 2.45) is 5.92 Å². The predicted octanol–water partition coefficient (Wildman–Crippen LogP) is 5.45. The zero-order valence-corrected chi connectivity index (χ0v) is 20.7. The highest BCUT2D eigenvalue weighted by atomic mass is 32.1. The summed E-state index contributed by atoms with van der Waals surface area (Å²) in [5.74, 6) is -0.603. The van der Waals surface area contributed by atoms with Gasteiger partial charge in [-0.2, -0.15) is 0 Å². The van der Waals surface area contributed by atoms with Crippen molar-refractivity contribution in [1.29, 1.82) is 0 Å². The molecule has 0 saturated heterocycles. The van der Waals surface area contributed by atoms with Crippen molar-refractivity contribution in [3.63, 3.8) is 0 Å². The minimum atomic E-state index is -0.864. The third-order valence-electron chi connectivity index (χ3n) is 5.56. The molecule has 8 heteroatoms. The van der Waals surface area contributed by atoms with Crippen LogP contribution in [0.3, 0.4) is 0 Å². The van der Waals surface area contributed by atoms with Gasteiger partial charge < -0.3 is 9.84 Å². The molecular formula is C27H27N3O4S. The lowest BCUT2D eigenvalue weighted by molar-refractivity contribution is -0.117. The standard InChI is InChI=1S/C27H27N3O4S/c1-17(2)14-15-34-21-11-7-10-20(16-21)24-23(22(31)13-12-19-8-5-4-6-9-19)25(32)26(33)30(24)27-29-28-18(3)35-27/h4-13,16-17,24,32H,14-15H2,1-3H3/b13-12+. The molecule has 1 aliphatic rings. The van der Waals surface area contributed by atoms with Crippen molar-refractivity contribution < 1.29 is 19.4 Å². The van der Waals surface area contributed by atoms with Gasteiger partial charge in [0.1, 0.15) is 10.8 Å². The molecule has 1 unspecified atom stereocenters. The van der Waals surface area contributed by atoms with Gasteiger partial charge >= 0.3 is 0 Å². The Kier molecular flexibility index (Phi) is 7.41. The van der Waals surface area contributed by atoms with E-state index >= 15 is 0 Å². The predicted molar refractivity (Wildman–Crippen MR) is 136 cm³/mol. The SMILES string of the molecule is Cc1nnc(N2C(=O)C(O)=C(C(=O)/C=C/c3ccccc3)C2c2cccc(OCCC(C)C)c2)s1. The van der Waals surface area contributed by atoms with Crippen LogP contribution in [0.4, 0.5) is 5.13 Å². The normalized spacial score (nSPS) is 16.1. The van der Waals surface area contributed by atoms with E-state index < -0.39 is 23.5 Å². The first-order valence-electron chi connectivity index (χ1n) is 11.4. The largest absolute Gasteiger partial charge is 0.503 e. The molecule has 35 heavy (non-hydrogen) atoms. The second-order valence-electron chi connectivity index (χ2n) is 8.66. The van der Waals surface area contributed by atoms with Gasteiger partial charge in [0.25, 0.3) is 5.91 Å². The van der Waals surface area contributed by atoms with E-state index in [0.29, 0.717) is 34.0 Å². The van der Waals surface area contributed by atoms with Crippen LogP contribution >= 0.6 is 11.3 Å². The Morgan fingerprint density at radius 2 is 1.94 bits per heavy atom. The van der Waals surface area contributed by atoms with Gasteiger partial charge in [0.15, 0.2) is 11.5 Å². The zero-order chi connectivity index (χ0) is 24.9. The lowest BCUT2D eigenvalue weighted by Crippen LogP contribution is -2.30. The summed E-state index contributed by atoms with van der Waals surface area (Å²) in [6.07, 6.45) is 3.93. The number of aliphatic hydroxyl groups excluding tert-OH is 1. The fourth-order valence-electron chi connectivity index (χ4n) is 3.77. The molecule has 1 amide bonds. The number of aliphatic hydroxyl groups is 1. The van der Waals surface area contributed by atoms with E-state index in [-0.39, 0.29) is 5.57 Å².